The zero-order chi connectivity index (χ0) is 20.4. The quantitative estimate of drug-likeness (QED) is 0.835. The smallest absolute Gasteiger partial charge is 0.321 e. The van der Waals surface area contributed by atoms with E-state index in [1.165, 1.54) is 31.5 Å². The van der Waals surface area contributed by atoms with Gasteiger partial charge in [0.15, 0.2) is 0 Å². The minimum atomic E-state index is -0.416. The number of benzene rings is 1. The lowest BCUT2D eigenvalue weighted by molar-refractivity contribution is 0.102. The van der Waals surface area contributed by atoms with Crippen molar-refractivity contribution in [3.63, 3.8) is 0 Å². The molecule has 0 bridgehead atoms. The van der Waals surface area contributed by atoms with Crippen molar-refractivity contribution in [3.05, 3.63) is 53.5 Å². The summed E-state index contributed by atoms with van der Waals surface area (Å²) in [6, 6.07) is 8.16. The van der Waals surface area contributed by atoms with Gasteiger partial charge in [-0.3, -0.25) is 9.69 Å². The Hall–Kier alpha value is -2.96. The number of nitrogens with zero attached hydrogens (tertiary/aromatic N) is 3. The van der Waals surface area contributed by atoms with Crippen molar-refractivity contribution in [3.8, 4) is 0 Å². The van der Waals surface area contributed by atoms with Gasteiger partial charge in [-0.25, -0.2) is 14.2 Å². The number of nitrogens with one attached hydrogen (secondary N) is 1. The summed E-state index contributed by atoms with van der Waals surface area (Å²) < 4.78 is 13.7. The lowest BCUT2D eigenvalue weighted by atomic mass is 9.94. The van der Waals surface area contributed by atoms with Crippen LogP contribution in [-0.4, -0.2) is 41.0 Å². The highest BCUT2D eigenvalue weighted by molar-refractivity contribution is 6.04. The fourth-order valence-corrected chi connectivity index (χ4v) is 4.06. The largest absolute Gasteiger partial charge is 0.326 e. The lowest BCUT2D eigenvalue weighted by Crippen LogP contribution is -2.40. The monoisotopic (exact) mass is 396 g/mol. The molecule has 0 spiro atoms. The normalized spacial score (nSPS) is 17.7. The summed E-state index contributed by atoms with van der Waals surface area (Å²) in [7, 11) is 0. The van der Waals surface area contributed by atoms with Gasteiger partial charge in [-0.05, 0) is 49.6 Å². The molecule has 1 N–H and O–H groups in total. The second kappa shape index (κ2) is 8.19. The molecule has 1 aliphatic carbocycles. The Morgan fingerprint density at radius 1 is 1.14 bits per heavy atom. The Bertz CT molecular complexity index is 910. The van der Waals surface area contributed by atoms with Gasteiger partial charge in [-0.1, -0.05) is 25.3 Å². The van der Waals surface area contributed by atoms with Crippen LogP contribution in [0.2, 0.25) is 0 Å². The number of urea groups is 1. The molecule has 29 heavy (non-hydrogen) atoms. The minimum Gasteiger partial charge on any atom is -0.321 e. The molecule has 1 aromatic carbocycles. The molecule has 1 saturated carbocycles. The van der Waals surface area contributed by atoms with E-state index in [1.54, 1.807) is 36.1 Å². The van der Waals surface area contributed by atoms with Gasteiger partial charge in [0.25, 0.3) is 5.91 Å². The third-order valence-corrected chi connectivity index (χ3v) is 5.77. The number of aromatic nitrogens is 1. The molecule has 2 aliphatic rings. The molecule has 0 atom stereocenters. The van der Waals surface area contributed by atoms with Crippen molar-refractivity contribution in [1.29, 1.82) is 0 Å². The van der Waals surface area contributed by atoms with Gasteiger partial charge < -0.3 is 10.2 Å². The first-order valence-electron chi connectivity index (χ1n) is 10.1. The average molecular weight is 396 g/mol. The summed E-state index contributed by atoms with van der Waals surface area (Å²) >= 11 is 0. The van der Waals surface area contributed by atoms with E-state index in [0.717, 1.165) is 19.4 Å². The summed E-state index contributed by atoms with van der Waals surface area (Å²) in [5.41, 5.74) is 1.23. The topological polar surface area (TPSA) is 65.5 Å². The van der Waals surface area contributed by atoms with Gasteiger partial charge >= 0.3 is 6.03 Å². The number of halogens is 1. The molecule has 7 heteroatoms. The van der Waals surface area contributed by atoms with Crippen LogP contribution >= 0.6 is 0 Å². The highest BCUT2D eigenvalue weighted by atomic mass is 19.1. The van der Waals surface area contributed by atoms with Gasteiger partial charge in [0.2, 0.25) is 0 Å². The number of aryl methyl sites for hydroxylation is 1. The van der Waals surface area contributed by atoms with E-state index in [4.69, 9.17) is 0 Å². The van der Waals surface area contributed by atoms with Crippen LogP contribution < -0.4 is 10.2 Å². The fourth-order valence-electron chi connectivity index (χ4n) is 4.06. The Kier molecular flexibility index (Phi) is 5.47. The molecule has 0 radical (unpaired) electrons. The standard InChI is InChI=1S/C22H25FN4O2/c1-15-7-8-16(13-19(15)23)21(28)25-17-9-10-20(24-14-17)27-12-11-26(22(27)29)18-5-3-2-4-6-18/h7-10,13-14,18H,2-6,11-12H2,1H3,(H,25,28). The molecule has 152 valence electrons. The predicted molar refractivity (Wildman–Crippen MR) is 110 cm³/mol. The Morgan fingerprint density at radius 2 is 1.93 bits per heavy atom. The van der Waals surface area contributed by atoms with Crippen molar-refractivity contribution < 1.29 is 14.0 Å². The first kappa shape index (κ1) is 19.4. The van der Waals surface area contributed by atoms with Crippen LogP contribution in [0, 0.1) is 12.7 Å². The number of pyridine rings is 1. The second-order valence-electron chi connectivity index (χ2n) is 7.74. The van der Waals surface area contributed by atoms with E-state index >= 15 is 0 Å². The molecular formula is C22H25FN4O2. The molecule has 2 aromatic rings. The number of rotatable bonds is 4. The maximum atomic E-state index is 13.7. The zero-order valence-corrected chi connectivity index (χ0v) is 16.5. The number of amides is 3. The Labute approximate surface area is 169 Å². The number of hydrogen-bond donors (Lipinski definition) is 1. The maximum absolute atomic E-state index is 13.7. The maximum Gasteiger partial charge on any atom is 0.326 e. The van der Waals surface area contributed by atoms with E-state index in [-0.39, 0.29) is 11.6 Å². The third kappa shape index (κ3) is 4.09. The van der Waals surface area contributed by atoms with Gasteiger partial charge in [0.1, 0.15) is 11.6 Å². The van der Waals surface area contributed by atoms with Gasteiger partial charge in [0.05, 0.1) is 11.9 Å². The summed E-state index contributed by atoms with van der Waals surface area (Å²) in [5, 5.41) is 2.71. The molecule has 1 aliphatic heterocycles. The molecule has 1 saturated heterocycles. The van der Waals surface area contributed by atoms with Gasteiger partial charge in [0, 0.05) is 24.7 Å². The van der Waals surface area contributed by atoms with Crippen LogP contribution in [0.1, 0.15) is 48.0 Å². The average Bonchev–Trinajstić information content (AvgIpc) is 3.12. The van der Waals surface area contributed by atoms with Crippen LogP contribution in [-0.2, 0) is 0 Å². The fraction of sp³-hybridized carbons (Fsp3) is 0.409. The molecule has 1 aromatic heterocycles. The SMILES string of the molecule is Cc1ccc(C(=O)Nc2ccc(N3CCN(C4CCCCC4)C3=O)nc2)cc1F. The Morgan fingerprint density at radius 3 is 2.62 bits per heavy atom. The van der Waals surface area contributed by atoms with E-state index in [9.17, 15) is 14.0 Å². The van der Waals surface area contributed by atoms with Crippen LogP contribution in [0.3, 0.4) is 0 Å². The highest BCUT2D eigenvalue weighted by Gasteiger charge is 2.35. The highest BCUT2D eigenvalue weighted by Crippen LogP contribution is 2.28. The third-order valence-electron chi connectivity index (χ3n) is 5.77. The van der Waals surface area contributed by atoms with E-state index in [0.29, 0.717) is 29.7 Å². The van der Waals surface area contributed by atoms with Gasteiger partial charge in [-0.15, -0.1) is 0 Å². The van der Waals surface area contributed by atoms with Crippen molar-refractivity contribution in [1.82, 2.24) is 9.88 Å². The minimum absolute atomic E-state index is 0.0105. The van der Waals surface area contributed by atoms with Crippen molar-refractivity contribution in [2.45, 2.75) is 45.1 Å². The molecule has 2 heterocycles. The zero-order valence-electron chi connectivity index (χ0n) is 16.5. The summed E-state index contributed by atoms with van der Waals surface area (Å²) in [5.74, 6) is -0.243. The van der Waals surface area contributed by atoms with Crippen LogP contribution in [0.25, 0.3) is 0 Å². The molecule has 3 amide bonds. The van der Waals surface area contributed by atoms with E-state index < -0.39 is 11.7 Å². The number of anilines is 2. The van der Waals surface area contributed by atoms with Crippen molar-refractivity contribution >= 4 is 23.4 Å². The summed E-state index contributed by atoms with van der Waals surface area (Å²) in [6.07, 6.45) is 7.31. The predicted octanol–water partition coefficient (Wildman–Crippen LogP) is 4.36. The number of carbonyl (C=O) groups is 2. The molecule has 6 nitrogen and oxygen atoms in total. The summed E-state index contributed by atoms with van der Waals surface area (Å²) in [4.78, 5) is 33.2. The first-order chi connectivity index (χ1) is 14.0. The molecule has 4 rings (SSSR count). The Balaban J connectivity index is 1.40. The lowest BCUT2D eigenvalue weighted by Gasteiger charge is -2.30. The van der Waals surface area contributed by atoms with Crippen LogP contribution in [0.4, 0.5) is 20.7 Å². The van der Waals surface area contributed by atoms with E-state index in [1.807, 2.05) is 4.90 Å². The molecule has 0 unspecified atom stereocenters. The van der Waals surface area contributed by atoms with Crippen LogP contribution in [0.5, 0.6) is 0 Å². The van der Waals surface area contributed by atoms with Crippen LogP contribution in [0.15, 0.2) is 36.5 Å². The van der Waals surface area contributed by atoms with E-state index in [2.05, 4.69) is 10.3 Å². The summed E-state index contributed by atoms with van der Waals surface area (Å²) in [6.45, 7) is 2.99. The molecule has 2 fully saturated rings. The molecular weight excluding hydrogens is 371 g/mol. The first-order valence-corrected chi connectivity index (χ1v) is 10.1. The second-order valence-corrected chi connectivity index (χ2v) is 7.74. The van der Waals surface area contributed by atoms with Crippen molar-refractivity contribution in [2.24, 2.45) is 0 Å². The number of carbonyl (C=O) groups excluding carboxylic acids is 2. The van der Waals surface area contributed by atoms with Crippen molar-refractivity contribution in [2.75, 3.05) is 23.3 Å². The number of hydrogen-bond acceptors (Lipinski definition) is 3. The van der Waals surface area contributed by atoms with Gasteiger partial charge in [-0.2, -0.15) is 0 Å².